The van der Waals surface area contributed by atoms with Crippen molar-refractivity contribution in [2.24, 2.45) is 5.92 Å². The quantitative estimate of drug-likeness (QED) is 0.845. The molecule has 0 aliphatic heterocycles. The number of aliphatic carboxylic acids is 1. The number of rotatable bonds is 4. The Morgan fingerprint density at radius 1 is 1.00 bits per heavy atom. The molecular formula is C17H22O3. The fourth-order valence-electron chi connectivity index (χ4n) is 3.17. The molecular weight excluding hydrogens is 252 g/mol. The second kappa shape index (κ2) is 5.86. The van der Waals surface area contributed by atoms with Crippen LogP contribution in [0.2, 0.25) is 0 Å². The van der Waals surface area contributed by atoms with Crippen molar-refractivity contribution in [1.82, 2.24) is 0 Å². The lowest BCUT2D eigenvalue weighted by atomic mass is 9.82. The van der Waals surface area contributed by atoms with Gasteiger partial charge in [-0.15, -0.1) is 0 Å². The lowest BCUT2D eigenvalue weighted by Crippen LogP contribution is -2.21. The summed E-state index contributed by atoms with van der Waals surface area (Å²) in [5.74, 6) is 0.199. The zero-order chi connectivity index (χ0) is 13.9. The van der Waals surface area contributed by atoms with Crippen LogP contribution in [0, 0.1) is 5.92 Å². The molecule has 1 aromatic rings. The van der Waals surface area contributed by atoms with Crippen molar-refractivity contribution in [3.63, 3.8) is 0 Å². The second-order valence-corrected chi connectivity index (χ2v) is 6.08. The number of carboxylic acid groups (broad SMARTS) is 1. The summed E-state index contributed by atoms with van der Waals surface area (Å²) in [6.07, 6.45) is 7.84. The minimum Gasteiger partial charge on any atom is -0.490 e. The average molecular weight is 274 g/mol. The van der Waals surface area contributed by atoms with Crippen molar-refractivity contribution < 1.29 is 14.6 Å². The average Bonchev–Trinajstić information content (AvgIpc) is 3.25. The molecule has 0 amide bonds. The summed E-state index contributed by atoms with van der Waals surface area (Å²) in [6.45, 7) is 0. The molecule has 1 aromatic carbocycles. The van der Waals surface area contributed by atoms with Crippen molar-refractivity contribution >= 4 is 5.97 Å². The Morgan fingerprint density at radius 2 is 1.70 bits per heavy atom. The van der Waals surface area contributed by atoms with Gasteiger partial charge in [0.25, 0.3) is 0 Å². The van der Waals surface area contributed by atoms with Crippen molar-refractivity contribution in [3.05, 3.63) is 29.8 Å². The third kappa shape index (κ3) is 3.14. The van der Waals surface area contributed by atoms with E-state index >= 15 is 0 Å². The SMILES string of the molecule is O=C(O)C1CCCCCC1c1ccc(OC2CC2)cc1. The first-order valence-electron chi connectivity index (χ1n) is 7.73. The first kappa shape index (κ1) is 13.5. The van der Waals surface area contributed by atoms with E-state index in [-0.39, 0.29) is 11.8 Å². The maximum absolute atomic E-state index is 11.5. The minimum atomic E-state index is -0.643. The van der Waals surface area contributed by atoms with Gasteiger partial charge in [-0.05, 0) is 49.3 Å². The van der Waals surface area contributed by atoms with E-state index < -0.39 is 5.97 Å². The summed E-state index contributed by atoms with van der Waals surface area (Å²) in [5.41, 5.74) is 1.16. The van der Waals surface area contributed by atoms with Gasteiger partial charge >= 0.3 is 5.97 Å². The van der Waals surface area contributed by atoms with Gasteiger partial charge in [0.05, 0.1) is 12.0 Å². The highest BCUT2D eigenvalue weighted by atomic mass is 16.5. The van der Waals surface area contributed by atoms with E-state index in [9.17, 15) is 9.90 Å². The fourth-order valence-corrected chi connectivity index (χ4v) is 3.17. The molecule has 2 fully saturated rings. The Bertz CT molecular complexity index is 462. The van der Waals surface area contributed by atoms with E-state index in [2.05, 4.69) is 12.1 Å². The van der Waals surface area contributed by atoms with E-state index in [1.54, 1.807) is 0 Å². The van der Waals surface area contributed by atoms with Crippen LogP contribution in [0.3, 0.4) is 0 Å². The van der Waals surface area contributed by atoms with Crippen LogP contribution >= 0.6 is 0 Å². The van der Waals surface area contributed by atoms with Gasteiger partial charge in [0, 0.05) is 0 Å². The molecule has 0 aromatic heterocycles. The van der Waals surface area contributed by atoms with E-state index in [0.717, 1.165) is 56.3 Å². The highest BCUT2D eigenvalue weighted by Gasteiger charge is 2.30. The van der Waals surface area contributed by atoms with Gasteiger partial charge in [0.2, 0.25) is 0 Å². The molecule has 2 atom stereocenters. The molecule has 0 spiro atoms. The molecule has 3 heteroatoms. The van der Waals surface area contributed by atoms with Gasteiger partial charge < -0.3 is 9.84 Å². The topological polar surface area (TPSA) is 46.5 Å². The molecule has 1 N–H and O–H groups in total. The number of benzene rings is 1. The summed E-state index contributed by atoms with van der Waals surface area (Å²) in [7, 11) is 0. The second-order valence-electron chi connectivity index (χ2n) is 6.08. The first-order valence-corrected chi connectivity index (χ1v) is 7.73. The maximum atomic E-state index is 11.5. The van der Waals surface area contributed by atoms with E-state index in [4.69, 9.17) is 4.74 Å². The van der Waals surface area contributed by atoms with Crippen LogP contribution in [0.1, 0.15) is 56.4 Å². The van der Waals surface area contributed by atoms with E-state index in [1.165, 1.54) is 0 Å². The number of hydrogen-bond donors (Lipinski definition) is 1. The van der Waals surface area contributed by atoms with Gasteiger partial charge in [0.15, 0.2) is 0 Å². The molecule has 2 saturated carbocycles. The smallest absolute Gasteiger partial charge is 0.307 e. The van der Waals surface area contributed by atoms with Gasteiger partial charge in [-0.3, -0.25) is 4.79 Å². The van der Waals surface area contributed by atoms with Gasteiger partial charge in [-0.2, -0.15) is 0 Å². The zero-order valence-electron chi connectivity index (χ0n) is 11.8. The van der Waals surface area contributed by atoms with Gasteiger partial charge in [0.1, 0.15) is 5.75 Å². The summed E-state index contributed by atoms with van der Waals surface area (Å²) in [6, 6.07) is 8.11. The number of carboxylic acids is 1. The Morgan fingerprint density at radius 3 is 2.35 bits per heavy atom. The molecule has 0 heterocycles. The fraction of sp³-hybridized carbons (Fsp3) is 0.588. The Kier molecular flexibility index (Phi) is 3.95. The normalized spacial score (nSPS) is 26.8. The molecule has 2 aliphatic rings. The van der Waals surface area contributed by atoms with Crippen molar-refractivity contribution in [2.45, 2.75) is 57.0 Å². The van der Waals surface area contributed by atoms with Crippen molar-refractivity contribution in [3.8, 4) is 5.75 Å². The summed E-state index contributed by atoms with van der Waals surface area (Å²) in [5, 5.41) is 9.45. The van der Waals surface area contributed by atoms with Crippen LogP contribution < -0.4 is 4.74 Å². The third-order valence-electron chi connectivity index (χ3n) is 4.47. The standard InChI is InChI=1S/C17H22O3/c18-17(19)16-5-3-1-2-4-15(16)12-6-8-13(9-7-12)20-14-10-11-14/h6-9,14-16H,1-5,10-11H2,(H,18,19). The monoisotopic (exact) mass is 274 g/mol. The molecule has 0 radical (unpaired) electrons. The molecule has 108 valence electrons. The Labute approximate surface area is 120 Å². The van der Waals surface area contributed by atoms with Crippen LogP contribution in [0.15, 0.2) is 24.3 Å². The molecule has 3 rings (SSSR count). The van der Waals surface area contributed by atoms with Crippen LogP contribution in [0.25, 0.3) is 0 Å². The lowest BCUT2D eigenvalue weighted by molar-refractivity contribution is -0.142. The molecule has 3 nitrogen and oxygen atoms in total. The predicted molar refractivity (Wildman–Crippen MR) is 77.0 cm³/mol. The van der Waals surface area contributed by atoms with Crippen LogP contribution in [0.5, 0.6) is 5.75 Å². The molecule has 20 heavy (non-hydrogen) atoms. The predicted octanol–water partition coefficient (Wildman–Crippen LogP) is 3.98. The summed E-state index contributed by atoms with van der Waals surface area (Å²) >= 11 is 0. The van der Waals surface area contributed by atoms with E-state index in [1.807, 2.05) is 12.1 Å². The van der Waals surface area contributed by atoms with Crippen LogP contribution in [-0.2, 0) is 4.79 Å². The highest BCUT2D eigenvalue weighted by molar-refractivity contribution is 5.71. The number of hydrogen-bond acceptors (Lipinski definition) is 2. The van der Waals surface area contributed by atoms with Crippen molar-refractivity contribution in [1.29, 1.82) is 0 Å². The largest absolute Gasteiger partial charge is 0.490 e. The summed E-state index contributed by atoms with van der Waals surface area (Å²) < 4.78 is 5.75. The highest BCUT2D eigenvalue weighted by Crippen LogP contribution is 2.37. The van der Waals surface area contributed by atoms with Gasteiger partial charge in [-0.1, -0.05) is 31.4 Å². The van der Waals surface area contributed by atoms with Crippen molar-refractivity contribution in [2.75, 3.05) is 0 Å². The van der Waals surface area contributed by atoms with Crippen LogP contribution in [0.4, 0.5) is 0 Å². The minimum absolute atomic E-state index is 0.157. The van der Waals surface area contributed by atoms with Gasteiger partial charge in [-0.25, -0.2) is 0 Å². The summed E-state index contributed by atoms with van der Waals surface area (Å²) in [4.78, 5) is 11.5. The zero-order valence-corrected chi connectivity index (χ0v) is 11.8. The molecule has 2 aliphatic carbocycles. The lowest BCUT2D eigenvalue weighted by Gasteiger charge is -2.22. The van der Waals surface area contributed by atoms with Crippen LogP contribution in [-0.4, -0.2) is 17.2 Å². The van der Waals surface area contributed by atoms with E-state index in [0.29, 0.717) is 6.10 Å². The Balaban J connectivity index is 1.75. The molecule has 0 saturated heterocycles. The molecule has 2 unspecified atom stereocenters. The third-order valence-corrected chi connectivity index (χ3v) is 4.47. The maximum Gasteiger partial charge on any atom is 0.307 e. The number of ether oxygens (including phenoxy) is 1. The molecule has 0 bridgehead atoms. The Hall–Kier alpha value is -1.51. The first-order chi connectivity index (χ1) is 9.74. The number of carbonyl (C=O) groups is 1.